The van der Waals surface area contributed by atoms with E-state index in [1.807, 2.05) is 0 Å². The van der Waals surface area contributed by atoms with Gasteiger partial charge in [0, 0.05) is 17.3 Å². The summed E-state index contributed by atoms with van der Waals surface area (Å²) in [6.07, 6.45) is 0. The number of thiophene rings is 1. The molecular weight excluding hydrogens is 242 g/mol. The summed E-state index contributed by atoms with van der Waals surface area (Å²) in [5.41, 5.74) is 1.36. The molecule has 0 saturated carbocycles. The lowest BCUT2D eigenvalue weighted by atomic mass is 10.0. The molecule has 98 valence electrons. The van der Waals surface area contributed by atoms with Crippen LogP contribution in [-0.2, 0) is 6.54 Å². The average molecular weight is 263 g/mol. The molecule has 0 fully saturated rings. The molecule has 1 unspecified atom stereocenters. The van der Waals surface area contributed by atoms with E-state index in [2.05, 4.69) is 55.4 Å². The Bertz CT molecular complexity index is 506. The van der Waals surface area contributed by atoms with Crippen LogP contribution in [0.5, 0.6) is 0 Å². The van der Waals surface area contributed by atoms with Gasteiger partial charge in [-0.25, -0.2) is 0 Å². The molecule has 1 aromatic carbocycles. The lowest BCUT2D eigenvalue weighted by Crippen LogP contribution is -2.38. The van der Waals surface area contributed by atoms with Crippen LogP contribution in [0.4, 0.5) is 0 Å². The van der Waals surface area contributed by atoms with Gasteiger partial charge < -0.3 is 5.11 Å². The monoisotopic (exact) mass is 263 g/mol. The predicted molar refractivity (Wildman–Crippen MR) is 79.0 cm³/mol. The number of hydrogen-bond acceptors (Lipinski definition) is 3. The van der Waals surface area contributed by atoms with Gasteiger partial charge in [0.2, 0.25) is 0 Å². The molecule has 0 radical (unpaired) electrons. The molecule has 18 heavy (non-hydrogen) atoms. The van der Waals surface area contributed by atoms with Gasteiger partial charge in [-0.2, -0.15) is 0 Å². The fourth-order valence-corrected chi connectivity index (χ4v) is 3.35. The number of hydrogen-bond donors (Lipinski definition) is 1. The van der Waals surface area contributed by atoms with Gasteiger partial charge in [-0.15, -0.1) is 11.3 Å². The number of likely N-dealkylation sites (N-methyl/N-ethyl adjacent to an activating group) is 1. The molecule has 0 amide bonds. The van der Waals surface area contributed by atoms with Gasteiger partial charge in [0.25, 0.3) is 0 Å². The molecule has 1 atom stereocenters. The summed E-state index contributed by atoms with van der Waals surface area (Å²) in [5, 5.41) is 13.0. The molecular formula is C15H21NOS. The van der Waals surface area contributed by atoms with Crippen LogP contribution in [0.25, 0.3) is 10.1 Å². The molecule has 2 aromatic rings. The molecule has 2 rings (SSSR count). The van der Waals surface area contributed by atoms with Crippen molar-refractivity contribution in [3.63, 3.8) is 0 Å². The van der Waals surface area contributed by atoms with Crippen LogP contribution in [0.15, 0.2) is 29.6 Å². The van der Waals surface area contributed by atoms with Gasteiger partial charge in [-0.05, 0) is 35.4 Å². The van der Waals surface area contributed by atoms with Crippen LogP contribution in [0, 0.1) is 5.92 Å². The highest BCUT2D eigenvalue weighted by molar-refractivity contribution is 7.17. The first-order valence-electron chi connectivity index (χ1n) is 6.39. The van der Waals surface area contributed by atoms with Gasteiger partial charge in [0.15, 0.2) is 0 Å². The number of aliphatic hydroxyl groups is 1. The van der Waals surface area contributed by atoms with Crippen molar-refractivity contribution in [3.05, 3.63) is 35.2 Å². The Morgan fingerprint density at radius 2 is 2.00 bits per heavy atom. The molecule has 2 nitrogen and oxygen atoms in total. The van der Waals surface area contributed by atoms with Crippen LogP contribution in [0.1, 0.15) is 19.4 Å². The van der Waals surface area contributed by atoms with Crippen LogP contribution in [0.2, 0.25) is 0 Å². The zero-order valence-electron chi connectivity index (χ0n) is 11.3. The third kappa shape index (κ3) is 2.74. The Labute approximate surface area is 113 Å². The van der Waals surface area contributed by atoms with Crippen molar-refractivity contribution in [2.75, 3.05) is 13.7 Å². The first-order chi connectivity index (χ1) is 8.63. The standard InChI is InChI=1S/C15H21NOS/c1-11(2)14(9-17)16(3)8-12-10-18-15-7-5-4-6-13(12)15/h4-7,10-11,14,17H,8-9H2,1-3H3. The smallest absolute Gasteiger partial charge is 0.0589 e. The molecule has 0 spiro atoms. The van der Waals surface area contributed by atoms with Crippen molar-refractivity contribution in [3.8, 4) is 0 Å². The summed E-state index contributed by atoms with van der Waals surface area (Å²) in [4.78, 5) is 2.25. The van der Waals surface area contributed by atoms with E-state index < -0.39 is 0 Å². The minimum Gasteiger partial charge on any atom is -0.395 e. The maximum absolute atomic E-state index is 9.47. The first-order valence-corrected chi connectivity index (χ1v) is 7.27. The SMILES string of the molecule is CC(C)C(CO)N(C)Cc1csc2ccccc12. The van der Waals surface area contributed by atoms with E-state index in [-0.39, 0.29) is 12.6 Å². The lowest BCUT2D eigenvalue weighted by molar-refractivity contribution is 0.108. The molecule has 0 bridgehead atoms. The summed E-state index contributed by atoms with van der Waals surface area (Å²) in [5.74, 6) is 0.463. The number of benzene rings is 1. The van der Waals surface area contributed by atoms with Crippen molar-refractivity contribution < 1.29 is 5.11 Å². The van der Waals surface area contributed by atoms with Crippen LogP contribution in [0.3, 0.4) is 0 Å². The van der Waals surface area contributed by atoms with Crippen molar-refractivity contribution in [1.82, 2.24) is 4.90 Å². The fourth-order valence-electron chi connectivity index (χ4n) is 2.40. The Morgan fingerprint density at radius 1 is 1.28 bits per heavy atom. The Balaban J connectivity index is 2.18. The van der Waals surface area contributed by atoms with Crippen molar-refractivity contribution in [1.29, 1.82) is 0 Å². The van der Waals surface area contributed by atoms with Crippen LogP contribution in [-0.4, -0.2) is 29.7 Å². The molecule has 3 heteroatoms. The second-order valence-corrected chi connectivity index (χ2v) is 6.08. The molecule has 0 saturated heterocycles. The number of rotatable bonds is 5. The molecule has 1 heterocycles. The van der Waals surface area contributed by atoms with Crippen LogP contribution < -0.4 is 0 Å². The largest absolute Gasteiger partial charge is 0.395 e. The molecule has 0 aliphatic rings. The minimum absolute atomic E-state index is 0.218. The maximum Gasteiger partial charge on any atom is 0.0589 e. The fraction of sp³-hybridized carbons (Fsp3) is 0.467. The zero-order valence-corrected chi connectivity index (χ0v) is 12.1. The summed E-state index contributed by atoms with van der Waals surface area (Å²) in [7, 11) is 2.09. The molecule has 0 aliphatic heterocycles. The van der Waals surface area contributed by atoms with Crippen molar-refractivity contribution >= 4 is 21.4 Å². The zero-order chi connectivity index (χ0) is 13.1. The Hall–Kier alpha value is -0.900. The van der Waals surface area contributed by atoms with E-state index in [0.717, 1.165) is 6.54 Å². The quantitative estimate of drug-likeness (QED) is 0.894. The van der Waals surface area contributed by atoms with Gasteiger partial charge in [0.05, 0.1) is 6.61 Å². The highest BCUT2D eigenvalue weighted by Crippen LogP contribution is 2.27. The highest BCUT2D eigenvalue weighted by Gasteiger charge is 2.18. The maximum atomic E-state index is 9.47. The second-order valence-electron chi connectivity index (χ2n) is 5.17. The molecule has 0 aliphatic carbocycles. The topological polar surface area (TPSA) is 23.5 Å². The Morgan fingerprint density at radius 3 is 2.67 bits per heavy atom. The summed E-state index contributed by atoms with van der Waals surface area (Å²) >= 11 is 1.79. The van der Waals surface area contributed by atoms with Crippen molar-refractivity contribution in [2.24, 2.45) is 5.92 Å². The predicted octanol–water partition coefficient (Wildman–Crippen LogP) is 3.35. The Kier molecular flexibility index (Phi) is 4.38. The minimum atomic E-state index is 0.218. The van der Waals surface area contributed by atoms with Crippen LogP contribution >= 0.6 is 11.3 Å². The van der Waals surface area contributed by atoms with Gasteiger partial charge in [-0.1, -0.05) is 32.0 Å². The van der Waals surface area contributed by atoms with Crippen molar-refractivity contribution in [2.45, 2.75) is 26.4 Å². The van der Waals surface area contributed by atoms with E-state index in [4.69, 9.17) is 0 Å². The lowest BCUT2D eigenvalue weighted by Gasteiger charge is -2.29. The first kappa shape index (κ1) is 13.5. The number of nitrogens with zero attached hydrogens (tertiary/aromatic N) is 1. The van der Waals surface area contributed by atoms with E-state index in [1.54, 1.807) is 11.3 Å². The van der Waals surface area contributed by atoms with E-state index in [1.165, 1.54) is 15.6 Å². The third-order valence-electron chi connectivity index (χ3n) is 3.50. The van der Waals surface area contributed by atoms with Gasteiger partial charge in [0.1, 0.15) is 0 Å². The third-order valence-corrected chi connectivity index (χ3v) is 4.52. The van der Waals surface area contributed by atoms with E-state index in [9.17, 15) is 5.11 Å². The summed E-state index contributed by atoms with van der Waals surface area (Å²) in [6, 6.07) is 8.73. The highest BCUT2D eigenvalue weighted by atomic mass is 32.1. The summed E-state index contributed by atoms with van der Waals surface area (Å²) in [6.45, 7) is 5.43. The van der Waals surface area contributed by atoms with Gasteiger partial charge in [-0.3, -0.25) is 4.90 Å². The number of fused-ring (bicyclic) bond motifs is 1. The normalized spacial score (nSPS) is 13.7. The van der Waals surface area contributed by atoms with Gasteiger partial charge >= 0.3 is 0 Å². The molecule has 1 N–H and O–H groups in total. The van der Waals surface area contributed by atoms with E-state index in [0.29, 0.717) is 5.92 Å². The average Bonchev–Trinajstić information content (AvgIpc) is 2.73. The molecule has 1 aromatic heterocycles. The second kappa shape index (κ2) is 5.83. The number of aliphatic hydroxyl groups excluding tert-OH is 1. The van der Waals surface area contributed by atoms with E-state index >= 15 is 0 Å². The summed E-state index contributed by atoms with van der Waals surface area (Å²) < 4.78 is 1.34.